The topological polar surface area (TPSA) is 59.1 Å². The van der Waals surface area contributed by atoms with Crippen LogP contribution in [-0.2, 0) is 19.7 Å². The number of carbonyl (C=O) groups excluding carboxylic acids is 2. The number of anilines is 1. The van der Waals surface area contributed by atoms with Gasteiger partial charge in [-0.15, -0.1) is 0 Å². The smallest absolute Gasteiger partial charge is 0.253 e. The van der Waals surface area contributed by atoms with Gasteiger partial charge >= 0.3 is 0 Å². The highest BCUT2D eigenvalue weighted by Gasteiger charge is 2.51. The van der Waals surface area contributed by atoms with E-state index in [1.165, 1.54) is 12.1 Å². The minimum absolute atomic E-state index is 0.0387. The number of halogens is 1. The summed E-state index contributed by atoms with van der Waals surface area (Å²) in [7, 11) is 1.64. The number of likely N-dealkylation sites (tertiary alicyclic amines) is 1. The van der Waals surface area contributed by atoms with Gasteiger partial charge in [0, 0.05) is 12.2 Å². The molecule has 2 saturated heterocycles. The summed E-state index contributed by atoms with van der Waals surface area (Å²) in [6.07, 6.45) is 4.40. The van der Waals surface area contributed by atoms with Gasteiger partial charge in [0.05, 0.1) is 25.6 Å². The van der Waals surface area contributed by atoms with Crippen LogP contribution in [0.2, 0.25) is 0 Å². The van der Waals surface area contributed by atoms with E-state index in [2.05, 4.69) is 0 Å². The van der Waals surface area contributed by atoms with E-state index in [0.29, 0.717) is 31.7 Å². The maximum Gasteiger partial charge on any atom is 0.253 e. The molecule has 2 aromatic rings. The third kappa shape index (κ3) is 3.88. The molecule has 0 radical (unpaired) electrons. The Labute approximate surface area is 193 Å². The normalized spacial score (nSPS) is 24.5. The first-order valence-electron chi connectivity index (χ1n) is 11.6. The monoisotopic (exact) mass is 452 g/mol. The third-order valence-corrected chi connectivity index (χ3v) is 7.50. The number of rotatable bonds is 4. The third-order valence-electron chi connectivity index (χ3n) is 7.50. The zero-order valence-corrected chi connectivity index (χ0v) is 18.9. The molecule has 2 heterocycles. The second-order valence-corrected chi connectivity index (χ2v) is 9.42. The number of hydrogen-bond donors (Lipinski definition) is 0. The van der Waals surface area contributed by atoms with Crippen molar-refractivity contribution in [3.05, 3.63) is 59.9 Å². The van der Waals surface area contributed by atoms with Gasteiger partial charge in [-0.25, -0.2) is 4.39 Å². The number of benzene rings is 2. The van der Waals surface area contributed by atoms with Crippen molar-refractivity contribution in [1.82, 2.24) is 4.90 Å². The summed E-state index contributed by atoms with van der Waals surface area (Å²) in [5.41, 5.74) is 0.579. The van der Waals surface area contributed by atoms with Crippen LogP contribution in [0.1, 0.15) is 37.7 Å². The lowest BCUT2D eigenvalue weighted by Gasteiger charge is -2.40. The van der Waals surface area contributed by atoms with Crippen LogP contribution in [0, 0.1) is 5.82 Å². The van der Waals surface area contributed by atoms with Crippen molar-refractivity contribution >= 4 is 17.5 Å². The second kappa shape index (κ2) is 8.45. The Morgan fingerprint density at radius 1 is 1.00 bits per heavy atom. The molecule has 3 aliphatic rings. The number of amides is 2. The summed E-state index contributed by atoms with van der Waals surface area (Å²) in [6.45, 7) is 1.37. The average Bonchev–Trinajstić information content (AvgIpc) is 3.50. The molecule has 7 heteroatoms. The molecule has 33 heavy (non-hydrogen) atoms. The predicted octanol–water partition coefficient (Wildman–Crippen LogP) is 3.68. The zero-order valence-electron chi connectivity index (χ0n) is 18.9. The highest BCUT2D eigenvalue weighted by atomic mass is 19.1. The molecule has 2 aliphatic heterocycles. The average molecular weight is 453 g/mol. The molecule has 0 bridgehead atoms. The molecule has 0 unspecified atom stereocenters. The molecule has 5 rings (SSSR count). The van der Waals surface area contributed by atoms with Gasteiger partial charge in [-0.1, -0.05) is 25.0 Å². The fraction of sp³-hybridized carbons (Fsp3) is 0.462. The van der Waals surface area contributed by atoms with Gasteiger partial charge in [0.2, 0.25) is 5.91 Å². The maximum absolute atomic E-state index is 13.9. The molecular weight excluding hydrogens is 423 g/mol. The van der Waals surface area contributed by atoms with Crippen molar-refractivity contribution < 1.29 is 23.5 Å². The Morgan fingerprint density at radius 2 is 1.70 bits per heavy atom. The largest absolute Gasteiger partial charge is 0.497 e. The second-order valence-electron chi connectivity index (χ2n) is 9.42. The summed E-state index contributed by atoms with van der Waals surface area (Å²) >= 11 is 0. The fourth-order valence-corrected chi connectivity index (χ4v) is 5.65. The highest BCUT2D eigenvalue weighted by molar-refractivity contribution is 5.95. The van der Waals surface area contributed by atoms with Crippen molar-refractivity contribution in [2.24, 2.45) is 0 Å². The van der Waals surface area contributed by atoms with Crippen LogP contribution in [0.5, 0.6) is 5.75 Å². The number of methoxy groups -OCH3 is 1. The van der Waals surface area contributed by atoms with Gasteiger partial charge in [0.15, 0.2) is 0 Å². The molecule has 1 saturated carbocycles. The van der Waals surface area contributed by atoms with Crippen molar-refractivity contribution in [3.8, 4) is 5.75 Å². The Morgan fingerprint density at radius 3 is 2.36 bits per heavy atom. The Balaban J connectivity index is 1.36. The Hall–Kier alpha value is -2.93. The van der Waals surface area contributed by atoms with Crippen molar-refractivity contribution in [2.45, 2.75) is 43.1 Å². The Bertz CT molecular complexity index is 1030. The van der Waals surface area contributed by atoms with Gasteiger partial charge in [-0.05, 0) is 61.2 Å². The molecule has 3 fully saturated rings. The van der Waals surface area contributed by atoms with Crippen molar-refractivity contribution in [2.75, 3.05) is 38.3 Å². The van der Waals surface area contributed by atoms with Crippen LogP contribution in [-0.4, -0.2) is 55.7 Å². The van der Waals surface area contributed by atoms with Gasteiger partial charge in [0.25, 0.3) is 5.91 Å². The van der Waals surface area contributed by atoms with Crippen LogP contribution in [0.4, 0.5) is 10.1 Å². The van der Waals surface area contributed by atoms with E-state index < -0.39 is 11.0 Å². The predicted molar refractivity (Wildman–Crippen MR) is 122 cm³/mol. The lowest BCUT2D eigenvalue weighted by molar-refractivity contribution is -0.141. The summed E-state index contributed by atoms with van der Waals surface area (Å²) in [5, 5.41) is 0. The number of carbonyl (C=O) groups is 2. The first-order chi connectivity index (χ1) is 15.9. The lowest BCUT2D eigenvalue weighted by Crippen LogP contribution is -2.57. The quantitative estimate of drug-likeness (QED) is 0.710. The first kappa shape index (κ1) is 21.9. The summed E-state index contributed by atoms with van der Waals surface area (Å²) in [6, 6.07) is 13.8. The van der Waals surface area contributed by atoms with Crippen molar-refractivity contribution in [1.29, 1.82) is 0 Å². The van der Waals surface area contributed by atoms with Gasteiger partial charge in [0.1, 0.15) is 23.8 Å². The fourth-order valence-electron chi connectivity index (χ4n) is 5.65. The maximum atomic E-state index is 13.9. The number of morpholine rings is 1. The van der Waals surface area contributed by atoms with Gasteiger partial charge in [-0.3, -0.25) is 9.59 Å². The van der Waals surface area contributed by atoms with Crippen LogP contribution >= 0.6 is 0 Å². The van der Waals surface area contributed by atoms with E-state index in [1.54, 1.807) is 24.1 Å². The first-order valence-corrected chi connectivity index (χ1v) is 11.6. The standard InChI is InChI=1S/C26H29FN2O4/c1-32-22-10-4-19(5-11-22)26(12-2-3-13-26)24(31)28-15-14-25(17-28)18-29(23(30)16-33-25)21-8-6-20(27)7-9-21/h4-11H,2-3,12-18H2,1H3/t25-/m0/s1. The summed E-state index contributed by atoms with van der Waals surface area (Å²) in [4.78, 5) is 30.1. The molecule has 0 N–H and O–H groups in total. The number of hydrogen-bond acceptors (Lipinski definition) is 4. The Kier molecular flexibility index (Phi) is 5.60. The van der Waals surface area contributed by atoms with E-state index in [9.17, 15) is 14.0 Å². The minimum atomic E-state index is -0.600. The number of ether oxygens (including phenoxy) is 2. The van der Waals surface area contributed by atoms with Crippen LogP contribution in [0.15, 0.2) is 48.5 Å². The van der Waals surface area contributed by atoms with Crippen LogP contribution < -0.4 is 9.64 Å². The van der Waals surface area contributed by atoms with Crippen LogP contribution in [0.3, 0.4) is 0 Å². The molecule has 1 aliphatic carbocycles. The van der Waals surface area contributed by atoms with E-state index in [1.807, 2.05) is 29.2 Å². The van der Waals surface area contributed by atoms with E-state index >= 15 is 0 Å². The molecule has 2 aromatic carbocycles. The van der Waals surface area contributed by atoms with E-state index in [4.69, 9.17) is 9.47 Å². The van der Waals surface area contributed by atoms with Crippen LogP contribution in [0.25, 0.3) is 0 Å². The van der Waals surface area contributed by atoms with E-state index in [0.717, 1.165) is 37.0 Å². The van der Waals surface area contributed by atoms with Gasteiger partial charge < -0.3 is 19.3 Å². The zero-order chi connectivity index (χ0) is 23.1. The molecule has 1 spiro atoms. The summed E-state index contributed by atoms with van der Waals surface area (Å²) < 4.78 is 24.7. The molecule has 2 amide bonds. The van der Waals surface area contributed by atoms with Crippen molar-refractivity contribution in [3.63, 3.8) is 0 Å². The molecule has 174 valence electrons. The van der Waals surface area contributed by atoms with E-state index in [-0.39, 0.29) is 24.2 Å². The molecule has 6 nitrogen and oxygen atoms in total. The minimum Gasteiger partial charge on any atom is -0.497 e. The highest BCUT2D eigenvalue weighted by Crippen LogP contribution is 2.44. The molecule has 1 atom stereocenters. The SMILES string of the molecule is COc1ccc(C2(C(=O)N3CC[C@]4(C3)CN(c3ccc(F)cc3)C(=O)CO4)CCCC2)cc1. The summed E-state index contributed by atoms with van der Waals surface area (Å²) in [5.74, 6) is 0.436. The molecular formula is C26H29FN2O4. The molecule has 0 aromatic heterocycles. The van der Waals surface area contributed by atoms with Gasteiger partial charge in [-0.2, -0.15) is 0 Å². The lowest BCUT2D eigenvalue weighted by atomic mass is 9.77. The number of nitrogens with zero attached hydrogens (tertiary/aromatic N) is 2.